The highest BCUT2D eigenvalue weighted by atomic mass is 35.5. The Bertz CT molecular complexity index is 636. The lowest BCUT2D eigenvalue weighted by atomic mass is 9.95. The summed E-state index contributed by atoms with van der Waals surface area (Å²) in [6.45, 7) is 4.08. The molecule has 1 aromatic rings. The van der Waals surface area contributed by atoms with Gasteiger partial charge in [-0.1, -0.05) is 6.07 Å². The van der Waals surface area contributed by atoms with E-state index in [0.717, 1.165) is 24.9 Å². The number of hydrogen-bond acceptors (Lipinski definition) is 4. The molecule has 22 heavy (non-hydrogen) atoms. The van der Waals surface area contributed by atoms with Crippen molar-refractivity contribution in [3.63, 3.8) is 0 Å². The second kappa shape index (κ2) is 6.74. The van der Waals surface area contributed by atoms with Crippen molar-refractivity contribution in [2.24, 2.45) is 5.92 Å². The molecule has 0 radical (unpaired) electrons. The summed E-state index contributed by atoms with van der Waals surface area (Å²) >= 11 is 0. The topological polar surface area (TPSA) is 58.6 Å². The fraction of sp³-hybridized carbons (Fsp3) is 0.600. The first-order valence-corrected chi connectivity index (χ1v) is 8.84. The molecule has 1 N–H and O–H groups in total. The van der Waals surface area contributed by atoms with E-state index < -0.39 is 10.0 Å². The Kier molecular flexibility index (Phi) is 5.37. The van der Waals surface area contributed by atoms with Gasteiger partial charge in [-0.3, -0.25) is 0 Å². The number of nitrogens with one attached hydrogen (secondary N) is 1. The van der Waals surface area contributed by atoms with Gasteiger partial charge in [0.25, 0.3) is 0 Å². The molecule has 7 heteroatoms. The van der Waals surface area contributed by atoms with Crippen molar-refractivity contribution in [3.05, 3.63) is 23.8 Å². The predicted octanol–water partition coefficient (Wildman–Crippen LogP) is 1.80. The lowest BCUT2D eigenvalue weighted by Gasteiger charge is -2.34. The number of benzene rings is 1. The number of fused-ring (bicyclic) bond motifs is 1. The quantitative estimate of drug-likeness (QED) is 0.906. The van der Waals surface area contributed by atoms with Gasteiger partial charge in [0.2, 0.25) is 10.0 Å². The number of nitrogens with zero attached hydrogens (tertiary/aromatic N) is 1. The molecule has 1 aromatic carbocycles. The fourth-order valence-electron chi connectivity index (χ4n) is 3.36. The van der Waals surface area contributed by atoms with Gasteiger partial charge in [-0.25, -0.2) is 8.42 Å². The molecule has 2 aliphatic heterocycles. The van der Waals surface area contributed by atoms with Crippen molar-refractivity contribution in [2.75, 3.05) is 26.7 Å². The molecular formula is C15H23ClN2O3S. The minimum Gasteiger partial charge on any atom is -0.495 e. The van der Waals surface area contributed by atoms with E-state index in [2.05, 4.69) is 5.32 Å². The van der Waals surface area contributed by atoms with Crippen molar-refractivity contribution >= 4 is 22.4 Å². The summed E-state index contributed by atoms with van der Waals surface area (Å²) in [5, 5.41) is 3.46. The number of methoxy groups -OCH3 is 1. The van der Waals surface area contributed by atoms with E-state index in [0.29, 0.717) is 30.8 Å². The van der Waals surface area contributed by atoms with Gasteiger partial charge in [0, 0.05) is 19.1 Å². The number of hydrogen-bond donors (Lipinski definition) is 1. The molecule has 5 nitrogen and oxygen atoms in total. The summed E-state index contributed by atoms with van der Waals surface area (Å²) in [6.07, 6.45) is 1.94. The van der Waals surface area contributed by atoms with Crippen LogP contribution in [0.15, 0.2) is 23.1 Å². The first kappa shape index (κ1) is 17.5. The Labute approximate surface area is 138 Å². The van der Waals surface area contributed by atoms with Gasteiger partial charge in [0.05, 0.1) is 7.11 Å². The van der Waals surface area contributed by atoms with Gasteiger partial charge in [-0.2, -0.15) is 4.31 Å². The summed E-state index contributed by atoms with van der Waals surface area (Å²) in [6, 6.07) is 5.78. The molecule has 2 saturated heterocycles. The van der Waals surface area contributed by atoms with Crippen molar-refractivity contribution in [1.29, 1.82) is 0 Å². The van der Waals surface area contributed by atoms with Crippen LogP contribution in [0, 0.1) is 12.8 Å². The van der Waals surface area contributed by atoms with Gasteiger partial charge in [0.1, 0.15) is 10.6 Å². The number of piperidine rings is 1. The molecule has 0 saturated carbocycles. The van der Waals surface area contributed by atoms with Crippen LogP contribution in [0.3, 0.4) is 0 Å². The minimum absolute atomic E-state index is 0. The second-order valence-corrected chi connectivity index (χ2v) is 7.82. The maximum absolute atomic E-state index is 12.9. The molecule has 2 unspecified atom stereocenters. The molecule has 0 spiro atoms. The van der Waals surface area contributed by atoms with Crippen molar-refractivity contribution < 1.29 is 13.2 Å². The van der Waals surface area contributed by atoms with Crippen LogP contribution in [0.1, 0.15) is 18.4 Å². The molecule has 2 fully saturated rings. The van der Waals surface area contributed by atoms with Crippen molar-refractivity contribution in [1.82, 2.24) is 9.62 Å². The summed E-state index contributed by atoms with van der Waals surface area (Å²) in [7, 11) is -1.97. The maximum Gasteiger partial charge on any atom is 0.246 e. The molecule has 0 amide bonds. The summed E-state index contributed by atoms with van der Waals surface area (Å²) in [5.41, 5.74) is 0.923. The van der Waals surface area contributed by atoms with Crippen LogP contribution in [0.25, 0.3) is 0 Å². The van der Waals surface area contributed by atoms with E-state index in [-0.39, 0.29) is 17.3 Å². The highest BCUT2D eigenvalue weighted by molar-refractivity contribution is 7.89. The summed E-state index contributed by atoms with van der Waals surface area (Å²) < 4.78 is 32.7. The third-order valence-electron chi connectivity index (χ3n) is 4.56. The smallest absolute Gasteiger partial charge is 0.246 e. The van der Waals surface area contributed by atoms with Crippen LogP contribution in [-0.4, -0.2) is 45.5 Å². The van der Waals surface area contributed by atoms with E-state index in [1.165, 1.54) is 7.11 Å². The molecule has 2 atom stereocenters. The molecule has 2 aliphatic rings. The monoisotopic (exact) mass is 346 g/mol. The lowest BCUT2D eigenvalue weighted by Crippen LogP contribution is -2.46. The molecule has 124 valence electrons. The second-order valence-electron chi connectivity index (χ2n) is 5.92. The zero-order chi connectivity index (χ0) is 15.0. The number of ether oxygens (including phenoxy) is 1. The van der Waals surface area contributed by atoms with Crippen LogP contribution >= 0.6 is 12.4 Å². The van der Waals surface area contributed by atoms with E-state index in [4.69, 9.17) is 4.74 Å². The van der Waals surface area contributed by atoms with E-state index in [9.17, 15) is 8.42 Å². The Morgan fingerprint density at radius 3 is 2.82 bits per heavy atom. The van der Waals surface area contributed by atoms with E-state index >= 15 is 0 Å². The van der Waals surface area contributed by atoms with Gasteiger partial charge in [0.15, 0.2) is 0 Å². The molecule has 2 heterocycles. The van der Waals surface area contributed by atoms with E-state index in [1.807, 2.05) is 13.0 Å². The Morgan fingerprint density at radius 2 is 2.09 bits per heavy atom. The van der Waals surface area contributed by atoms with Crippen LogP contribution in [-0.2, 0) is 10.0 Å². The Balaban J connectivity index is 0.00000176. The zero-order valence-electron chi connectivity index (χ0n) is 12.9. The van der Waals surface area contributed by atoms with Crippen LogP contribution in [0.4, 0.5) is 0 Å². The van der Waals surface area contributed by atoms with Crippen LogP contribution in [0.5, 0.6) is 5.75 Å². The van der Waals surface area contributed by atoms with Gasteiger partial charge in [-0.15, -0.1) is 12.4 Å². The van der Waals surface area contributed by atoms with Gasteiger partial charge < -0.3 is 10.1 Å². The highest BCUT2D eigenvalue weighted by Gasteiger charge is 2.38. The van der Waals surface area contributed by atoms with Crippen LogP contribution in [0.2, 0.25) is 0 Å². The standard InChI is InChI=1S/C15H22N2O3S.ClH/c1-11-3-4-14(20-2)15(9-11)21(18,19)17-8-6-13-12(10-17)5-7-16-13;/h3-4,9,12-13,16H,5-8,10H2,1-2H3;1H. The largest absolute Gasteiger partial charge is 0.495 e. The number of halogens is 1. The average Bonchev–Trinajstić information content (AvgIpc) is 2.94. The third kappa shape index (κ3) is 3.11. The fourth-order valence-corrected chi connectivity index (χ4v) is 5.11. The van der Waals surface area contributed by atoms with Gasteiger partial charge in [-0.05, 0) is 49.9 Å². The maximum atomic E-state index is 12.9. The Hall–Kier alpha value is -0.820. The molecule has 3 rings (SSSR count). The summed E-state index contributed by atoms with van der Waals surface area (Å²) in [4.78, 5) is 0.286. The van der Waals surface area contributed by atoms with Crippen molar-refractivity contribution in [2.45, 2.75) is 30.7 Å². The lowest BCUT2D eigenvalue weighted by molar-refractivity contribution is 0.246. The Morgan fingerprint density at radius 1 is 1.32 bits per heavy atom. The molecule has 0 aromatic heterocycles. The van der Waals surface area contributed by atoms with Crippen LogP contribution < -0.4 is 10.1 Å². The predicted molar refractivity (Wildman–Crippen MR) is 88.3 cm³/mol. The zero-order valence-corrected chi connectivity index (χ0v) is 14.5. The third-order valence-corrected chi connectivity index (χ3v) is 6.44. The van der Waals surface area contributed by atoms with Gasteiger partial charge >= 0.3 is 0 Å². The summed E-state index contributed by atoms with van der Waals surface area (Å²) in [5.74, 6) is 0.858. The first-order chi connectivity index (χ1) is 10.0. The number of rotatable bonds is 3. The molecule has 0 bridgehead atoms. The van der Waals surface area contributed by atoms with E-state index in [1.54, 1.807) is 16.4 Å². The molecule has 0 aliphatic carbocycles. The van der Waals surface area contributed by atoms with Crippen molar-refractivity contribution in [3.8, 4) is 5.75 Å². The molecular weight excluding hydrogens is 324 g/mol. The normalized spacial score (nSPS) is 25.4. The first-order valence-electron chi connectivity index (χ1n) is 7.40. The number of aryl methyl sites for hydroxylation is 1. The SMILES string of the molecule is COc1ccc(C)cc1S(=O)(=O)N1CCC2NCCC2C1.Cl. The number of sulfonamides is 1. The minimum atomic E-state index is -3.49. The highest BCUT2D eigenvalue weighted by Crippen LogP contribution is 2.32. The average molecular weight is 347 g/mol.